The van der Waals surface area contributed by atoms with Crippen molar-refractivity contribution >= 4 is 12.0 Å². The van der Waals surface area contributed by atoms with E-state index < -0.39 is 17.5 Å². The number of rotatable bonds is 4. The van der Waals surface area contributed by atoms with Crippen LogP contribution in [0.1, 0.15) is 6.42 Å². The normalized spacial score (nSPS) is 31.0. The van der Waals surface area contributed by atoms with Crippen LogP contribution in [0.25, 0.3) is 0 Å². The van der Waals surface area contributed by atoms with Gasteiger partial charge in [0.15, 0.2) is 5.54 Å². The number of nitrogens with zero attached hydrogens (tertiary/aromatic N) is 2. The lowest BCUT2D eigenvalue weighted by molar-refractivity contribution is -0.144. The van der Waals surface area contributed by atoms with Gasteiger partial charge in [0.2, 0.25) is 0 Å². The van der Waals surface area contributed by atoms with Crippen LogP contribution in [0.3, 0.4) is 0 Å². The zero-order chi connectivity index (χ0) is 15.5. The molecule has 120 valence electrons. The van der Waals surface area contributed by atoms with Gasteiger partial charge in [0.05, 0.1) is 6.61 Å². The number of ether oxygens (including phenoxy) is 1. The smallest absolute Gasteiger partial charge is 0.332 e. The largest absolute Gasteiger partial charge is 0.479 e. The third-order valence-corrected chi connectivity index (χ3v) is 4.26. The van der Waals surface area contributed by atoms with E-state index in [4.69, 9.17) is 4.74 Å². The Bertz CT molecular complexity index is 398. The molecule has 8 nitrogen and oxygen atoms in total. The number of carbonyl (C=O) groups is 2. The predicted octanol–water partition coefficient (Wildman–Crippen LogP) is -1.22. The van der Waals surface area contributed by atoms with Gasteiger partial charge >= 0.3 is 12.0 Å². The summed E-state index contributed by atoms with van der Waals surface area (Å²) in [5.41, 5.74) is -1.29. The van der Waals surface area contributed by atoms with E-state index in [2.05, 4.69) is 27.5 Å². The van der Waals surface area contributed by atoms with Crippen LogP contribution in [0.5, 0.6) is 0 Å². The monoisotopic (exact) mass is 300 g/mol. The average molecular weight is 300 g/mol. The molecule has 2 saturated heterocycles. The van der Waals surface area contributed by atoms with Crippen molar-refractivity contribution in [1.82, 2.24) is 20.4 Å². The Morgan fingerprint density at radius 3 is 2.76 bits per heavy atom. The van der Waals surface area contributed by atoms with Gasteiger partial charge in [-0.25, -0.2) is 9.59 Å². The van der Waals surface area contributed by atoms with Gasteiger partial charge in [0.25, 0.3) is 0 Å². The summed E-state index contributed by atoms with van der Waals surface area (Å²) in [6.07, 6.45) is 0.293. The topological polar surface area (TPSA) is 94.1 Å². The van der Waals surface area contributed by atoms with E-state index in [1.165, 1.54) is 0 Å². The second kappa shape index (κ2) is 6.59. The Hall–Kier alpha value is -1.38. The molecule has 2 unspecified atom stereocenters. The van der Waals surface area contributed by atoms with Crippen molar-refractivity contribution in [2.45, 2.75) is 18.0 Å². The molecule has 2 atom stereocenters. The van der Waals surface area contributed by atoms with Crippen molar-refractivity contribution in [3.05, 3.63) is 0 Å². The summed E-state index contributed by atoms with van der Waals surface area (Å²) >= 11 is 0. The summed E-state index contributed by atoms with van der Waals surface area (Å²) in [5, 5.41) is 14.6. The highest BCUT2D eigenvalue weighted by Crippen LogP contribution is 2.18. The number of carbonyl (C=O) groups excluding carboxylic acids is 1. The van der Waals surface area contributed by atoms with E-state index in [1.54, 1.807) is 0 Å². The Morgan fingerprint density at radius 1 is 1.38 bits per heavy atom. The molecule has 0 aromatic heterocycles. The van der Waals surface area contributed by atoms with Crippen LogP contribution in [0.2, 0.25) is 0 Å². The van der Waals surface area contributed by atoms with Crippen molar-refractivity contribution in [3.63, 3.8) is 0 Å². The lowest BCUT2D eigenvalue weighted by atomic mass is 9.99. The van der Waals surface area contributed by atoms with E-state index >= 15 is 0 Å². The van der Waals surface area contributed by atoms with E-state index in [0.29, 0.717) is 19.6 Å². The second-order valence-electron chi connectivity index (χ2n) is 5.92. The first kappa shape index (κ1) is 16.0. The minimum absolute atomic E-state index is 0.0157. The molecule has 0 aromatic rings. The fourth-order valence-corrected chi connectivity index (χ4v) is 2.68. The molecule has 2 aliphatic heterocycles. The molecule has 0 spiro atoms. The lowest BCUT2D eigenvalue weighted by Gasteiger charge is -2.37. The number of urea groups is 1. The lowest BCUT2D eigenvalue weighted by Crippen LogP contribution is -2.60. The van der Waals surface area contributed by atoms with Gasteiger partial charge < -0.3 is 25.4 Å². The van der Waals surface area contributed by atoms with Crippen LogP contribution >= 0.6 is 0 Å². The first-order valence-corrected chi connectivity index (χ1v) is 7.19. The number of amides is 2. The van der Waals surface area contributed by atoms with Crippen molar-refractivity contribution < 1.29 is 19.4 Å². The fourth-order valence-electron chi connectivity index (χ4n) is 2.68. The van der Waals surface area contributed by atoms with Crippen molar-refractivity contribution in [2.75, 3.05) is 53.5 Å². The summed E-state index contributed by atoms with van der Waals surface area (Å²) in [5.74, 6) is -1.05. The van der Waals surface area contributed by atoms with Crippen LogP contribution in [0.15, 0.2) is 0 Å². The molecule has 2 heterocycles. The number of likely N-dealkylation sites (N-methyl/N-ethyl adjacent to an activating group) is 2. The van der Waals surface area contributed by atoms with Crippen molar-refractivity contribution in [2.24, 2.45) is 0 Å². The Morgan fingerprint density at radius 2 is 2.14 bits per heavy atom. The Kier molecular flexibility index (Phi) is 5.02. The highest BCUT2D eigenvalue weighted by molar-refractivity contribution is 5.86. The molecule has 3 N–H and O–H groups in total. The van der Waals surface area contributed by atoms with Gasteiger partial charge in [-0.15, -0.1) is 0 Å². The van der Waals surface area contributed by atoms with Gasteiger partial charge in [-0.3, -0.25) is 4.90 Å². The quantitative estimate of drug-likeness (QED) is 0.602. The number of aliphatic carboxylic acids is 1. The first-order valence-electron chi connectivity index (χ1n) is 7.19. The zero-order valence-electron chi connectivity index (χ0n) is 12.6. The standard InChI is InChI=1S/C13H24N4O4/c1-16-4-5-17(2)10(8-16)7-14-12(20)15-13(11(18)19)3-6-21-9-13/h10H,3-9H2,1-2H3,(H,18,19)(H2,14,15,20). The molecule has 0 saturated carbocycles. The van der Waals surface area contributed by atoms with E-state index in [-0.39, 0.29) is 12.6 Å². The molecular formula is C13H24N4O4. The van der Waals surface area contributed by atoms with Gasteiger partial charge in [-0.1, -0.05) is 0 Å². The summed E-state index contributed by atoms with van der Waals surface area (Å²) in [6, 6.07) is -0.223. The molecular weight excluding hydrogens is 276 g/mol. The summed E-state index contributed by atoms with van der Waals surface area (Å²) < 4.78 is 5.11. The van der Waals surface area contributed by atoms with Crippen molar-refractivity contribution in [3.8, 4) is 0 Å². The molecule has 0 aromatic carbocycles. The van der Waals surface area contributed by atoms with Gasteiger partial charge in [0, 0.05) is 45.2 Å². The predicted molar refractivity (Wildman–Crippen MR) is 76.3 cm³/mol. The number of carboxylic acids is 1. The summed E-state index contributed by atoms with van der Waals surface area (Å²) in [6.45, 7) is 3.70. The fraction of sp³-hybridized carbons (Fsp3) is 0.846. The van der Waals surface area contributed by atoms with Gasteiger partial charge in [-0.05, 0) is 14.1 Å². The van der Waals surface area contributed by atoms with Gasteiger partial charge in [-0.2, -0.15) is 0 Å². The van der Waals surface area contributed by atoms with Crippen LogP contribution in [-0.2, 0) is 9.53 Å². The molecule has 0 radical (unpaired) electrons. The van der Waals surface area contributed by atoms with Crippen LogP contribution in [-0.4, -0.2) is 92.0 Å². The maximum Gasteiger partial charge on any atom is 0.332 e. The highest BCUT2D eigenvalue weighted by Gasteiger charge is 2.44. The number of hydrogen-bond acceptors (Lipinski definition) is 5. The average Bonchev–Trinajstić information content (AvgIpc) is 2.89. The maximum atomic E-state index is 12.0. The molecule has 2 rings (SSSR count). The Balaban J connectivity index is 1.83. The molecule has 21 heavy (non-hydrogen) atoms. The SMILES string of the molecule is CN1CCN(C)C(CNC(=O)NC2(C(=O)O)CCOC2)C1. The number of hydrogen-bond donors (Lipinski definition) is 3. The molecule has 8 heteroatoms. The highest BCUT2D eigenvalue weighted by atomic mass is 16.5. The number of nitrogens with one attached hydrogen (secondary N) is 2. The van der Waals surface area contributed by atoms with Crippen LogP contribution < -0.4 is 10.6 Å². The van der Waals surface area contributed by atoms with E-state index in [9.17, 15) is 14.7 Å². The zero-order valence-corrected chi connectivity index (χ0v) is 12.6. The van der Waals surface area contributed by atoms with Crippen LogP contribution in [0, 0.1) is 0 Å². The van der Waals surface area contributed by atoms with Crippen molar-refractivity contribution in [1.29, 1.82) is 0 Å². The molecule has 0 aliphatic carbocycles. The number of carboxylic acid groups (broad SMARTS) is 1. The second-order valence-corrected chi connectivity index (χ2v) is 5.92. The third kappa shape index (κ3) is 3.84. The Labute approximate surface area is 124 Å². The van der Waals surface area contributed by atoms with E-state index in [1.807, 2.05) is 7.05 Å². The molecule has 2 amide bonds. The summed E-state index contributed by atoms with van der Waals surface area (Å²) in [4.78, 5) is 27.7. The van der Waals surface area contributed by atoms with E-state index in [0.717, 1.165) is 19.6 Å². The molecule has 2 aliphatic rings. The van der Waals surface area contributed by atoms with Gasteiger partial charge in [0.1, 0.15) is 0 Å². The number of piperazine rings is 1. The summed E-state index contributed by atoms with van der Waals surface area (Å²) in [7, 11) is 4.08. The minimum Gasteiger partial charge on any atom is -0.479 e. The maximum absolute atomic E-state index is 12.0. The molecule has 0 bridgehead atoms. The third-order valence-electron chi connectivity index (χ3n) is 4.26. The first-order chi connectivity index (χ1) is 9.93. The van der Waals surface area contributed by atoms with Crippen LogP contribution in [0.4, 0.5) is 4.79 Å². The molecule has 2 fully saturated rings. The minimum atomic E-state index is -1.29.